The molecule has 0 atom stereocenters. The molecule has 0 saturated heterocycles. The van der Waals surface area contributed by atoms with Gasteiger partial charge in [0.2, 0.25) is 7.59 Å². The summed E-state index contributed by atoms with van der Waals surface area (Å²) in [6, 6.07) is 0. The zero-order valence-corrected chi connectivity index (χ0v) is 15.1. The molecule has 16 heavy (non-hydrogen) atoms. The highest BCUT2D eigenvalue weighted by Gasteiger charge is 2.72. The Balaban J connectivity index is 5.81. The molecule has 0 radical (unpaired) electrons. The molecule has 11 heteroatoms. The van der Waals surface area contributed by atoms with Crippen molar-refractivity contribution in [2.24, 2.45) is 0 Å². The fourth-order valence-electron chi connectivity index (χ4n) is 0.689. The van der Waals surface area contributed by atoms with Crippen LogP contribution in [0.5, 0.6) is 0 Å². The Morgan fingerprint density at radius 1 is 0.562 bits per heavy atom. The van der Waals surface area contributed by atoms with Gasteiger partial charge in [0, 0.05) is 0 Å². The van der Waals surface area contributed by atoms with Crippen molar-refractivity contribution in [2.45, 2.75) is 21.6 Å². The van der Waals surface area contributed by atoms with E-state index in [2.05, 4.69) is 0 Å². The van der Waals surface area contributed by atoms with E-state index in [1.807, 2.05) is 0 Å². The van der Waals surface area contributed by atoms with E-state index in [0.717, 1.165) is 0 Å². The topological polar surface area (TPSA) is 0 Å². The smallest absolute Gasteiger partial charge is 0.106 e. The molecule has 0 aliphatic heterocycles. The first-order valence-electron chi connectivity index (χ1n) is 3.18. The zero-order chi connectivity index (χ0) is 13.6. The molecule has 0 fully saturated rings. The molecule has 98 valence electrons. The highest BCUT2D eigenvalue weighted by molar-refractivity contribution is 6.80. The minimum absolute atomic E-state index is 1.47. The molecule has 0 rings (SSSR count). The van der Waals surface area contributed by atoms with Crippen LogP contribution < -0.4 is 0 Å². The fourth-order valence-corrected chi connectivity index (χ4v) is 4.56. The second-order valence-corrected chi connectivity index (χ2v) is 10.2. The van der Waals surface area contributed by atoms with Crippen LogP contribution in [0.25, 0.3) is 0 Å². The average molecular weight is 451 g/mol. The van der Waals surface area contributed by atoms with Crippen molar-refractivity contribution in [3.8, 4) is 0 Å². The molecule has 0 aromatic rings. The van der Waals surface area contributed by atoms with Gasteiger partial charge in [0.1, 0.15) is 4.84 Å². The van der Waals surface area contributed by atoms with Crippen molar-refractivity contribution in [1.29, 1.82) is 0 Å². The normalized spacial score (nSPS) is 15.8. The van der Waals surface area contributed by atoms with Gasteiger partial charge in [-0.3, -0.25) is 0 Å². The summed E-state index contributed by atoms with van der Waals surface area (Å²) in [5.41, 5.74) is 0. The summed E-state index contributed by atoms with van der Waals surface area (Å²) in [5, 5.41) is 0. The van der Waals surface area contributed by atoms with Crippen LogP contribution in [0.4, 0.5) is 0 Å². The van der Waals surface area contributed by atoms with E-state index < -0.39 is 21.6 Å². The van der Waals surface area contributed by atoms with Gasteiger partial charge in [0.15, 0.2) is 9.21 Å². The van der Waals surface area contributed by atoms with Gasteiger partial charge in [-0.2, -0.15) is 0 Å². The Morgan fingerprint density at radius 3 is 0.875 bits per heavy atom. The lowest BCUT2D eigenvalue weighted by Crippen LogP contribution is -2.62. The lowest BCUT2D eigenvalue weighted by Gasteiger charge is -2.46. The Bertz CT molecular complexity index is 230. The number of halogens is 11. The summed E-state index contributed by atoms with van der Waals surface area (Å²) in [6.45, 7) is 0. The number of alkyl halides is 11. The molecule has 0 amide bonds. The van der Waals surface area contributed by atoms with Crippen molar-refractivity contribution in [1.82, 2.24) is 0 Å². The van der Waals surface area contributed by atoms with E-state index in [0.29, 0.717) is 0 Å². The molecular formula is C5HCl11. The van der Waals surface area contributed by atoms with Gasteiger partial charge in [-0.25, -0.2) is 0 Å². The minimum atomic E-state index is -2.38. The summed E-state index contributed by atoms with van der Waals surface area (Å²) in [4.78, 5) is -3.85. The summed E-state index contributed by atoms with van der Waals surface area (Å²) in [7, 11) is 0. The second kappa shape index (κ2) is 5.90. The van der Waals surface area contributed by atoms with Gasteiger partial charge < -0.3 is 0 Å². The third kappa shape index (κ3) is 3.44. The van der Waals surface area contributed by atoms with Gasteiger partial charge in [-0.1, -0.05) is 92.8 Å². The van der Waals surface area contributed by atoms with Crippen molar-refractivity contribution < 1.29 is 0 Å². The molecule has 0 aliphatic rings. The van der Waals surface area contributed by atoms with Crippen molar-refractivity contribution in [3.05, 3.63) is 0 Å². The van der Waals surface area contributed by atoms with E-state index >= 15 is 0 Å². The van der Waals surface area contributed by atoms with Crippen LogP contribution in [0.3, 0.4) is 0 Å². The molecule has 0 bridgehead atoms. The van der Waals surface area contributed by atoms with Gasteiger partial charge in [-0.05, 0) is 0 Å². The molecule has 0 aliphatic carbocycles. The number of hydrogen-bond acceptors (Lipinski definition) is 0. The molecule has 0 nitrogen and oxygen atoms in total. The third-order valence-corrected chi connectivity index (χ3v) is 6.96. The fraction of sp³-hybridized carbons (Fsp3) is 1.00. The third-order valence-electron chi connectivity index (χ3n) is 1.51. The summed E-state index contributed by atoms with van der Waals surface area (Å²) >= 11 is 62.3. The molecule has 0 heterocycles. The number of hydrogen-bond donors (Lipinski definition) is 0. The first-order valence-corrected chi connectivity index (χ1v) is 7.45. The van der Waals surface area contributed by atoms with Crippen LogP contribution >= 0.6 is 128 Å². The largest absolute Gasteiger partial charge is 0.216 e. The molecule has 0 aromatic carbocycles. The van der Waals surface area contributed by atoms with E-state index in [9.17, 15) is 0 Å². The van der Waals surface area contributed by atoms with E-state index in [1.165, 1.54) is 0 Å². The van der Waals surface area contributed by atoms with E-state index in [1.54, 1.807) is 0 Å². The first kappa shape index (κ1) is 19.2. The van der Waals surface area contributed by atoms with Gasteiger partial charge >= 0.3 is 0 Å². The lowest BCUT2D eigenvalue weighted by atomic mass is 10.1. The monoisotopic (exact) mass is 446 g/mol. The van der Waals surface area contributed by atoms with Crippen LogP contribution in [-0.2, 0) is 0 Å². The van der Waals surface area contributed by atoms with E-state index in [-0.39, 0.29) is 0 Å². The molecule has 0 unspecified atom stereocenters. The Hall–Kier alpha value is 3.19. The van der Waals surface area contributed by atoms with Crippen LogP contribution in [0.2, 0.25) is 0 Å². The Labute approximate surface area is 148 Å². The van der Waals surface area contributed by atoms with Crippen LogP contribution in [0, 0.1) is 0 Å². The quantitative estimate of drug-likeness (QED) is 0.411. The average Bonchev–Trinajstić information content (AvgIpc) is 1.97. The van der Waals surface area contributed by atoms with Crippen LogP contribution in [-0.4, -0.2) is 21.6 Å². The van der Waals surface area contributed by atoms with Crippen molar-refractivity contribution in [2.75, 3.05) is 0 Å². The minimum Gasteiger partial charge on any atom is -0.106 e. The van der Waals surface area contributed by atoms with Crippen molar-refractivity contribution in [3.63, 3.8) is 0 Å². The van der Waals surface area contributed by atoms with Crippen LogP contribution in [0.1, 0.15) is 0 Å². The lowest BCUT2D eigenvalue weighted by molar-refractivity contribution is 0.535. The molecule has 0 N–H and O–H groups in total. The zero-order valence-electron chi connectivity index (χ0n) is 6.73. The molecule has 0 spiro atoms. The van der Waals surface area contributed by atoms with E-state index in [4.69, 9.17) is 128 Å². The highest BCUT2D eigenvalue weighted by Crippen LogP contribution is 2.65. The predicted molar refractivity (Wildman–Crippen MR) is 79.1 cm³/mol. The number of rotatable bonds is 2. The SMILES string of the molecule is ClC(Cl)C(Cl)(Cl)C(Cl)(C(Cl)(Cl)Cl)C(Cl)(Cl)Cl. The molecular weight excluding hydrogens is 450 g/mol. The summed E-state index contributed by atoms with van der Waals surface area (Å²) < 4.78 is -6.91. The Morgan fingerprint density at radius 2 is 0.812 bits per heavy atom. The maximum absolute atomic E-state index is 5.95. The van der Waals surface area contributed by atoms with Gasteiger partial charge in [0.25, 0.3) is 0 Å². The van der Waals surface area contributed by atoms with Crippen LogP contribution in [0.15, 0.2) is 0 Å². The summed E-state index contributed by atoms with van der Waals surface area (Å²) in [6.07, 6.45) is 0. The predicted octanol–water partition coefficient (Wildman–Crippen LogP) is 6.68. The van der Waals surface area contributed by atoms with Crippen molar-refractivity contribution >= 4 is 128 Å². The first-order chi connectivity index (χ1) is 6.69. The van der Waals surface area contributed by atoms with Gasteiger partial charge in [0.05, 0.1) is 0 Å². The molecule has 0 saturated carbocycles. The Kier molecular flexibility index (Phi) is 7.07. The highest BCUT2D eigenvalue weighted by atomic mass is 35.6. The standard InChI is InChI=1S/C5HCl11/c6-1(7)2(8,9)3(10,4(11,12)13)5(14,15)16/h1H. The van der Waals surface area contributed by atoms with Gasteiger partial charge in [-0.15, -0.1) is 34.8 Å². The molecule has 0 aromatic heterocycles. The maximum atomic E-state index is 5.95. The summed E-state index contributed by atoms with van der Waals surface area (Å²) in [5.74, 6) is 0. The second-order valence-electron chi connectivity index (χ2n) is 2.58. The maximum Gasteiger partial charge on any atom is 0.216 e.